The van der Waals surface area contributed by atoms with Crippen molar-refractivity contribution >= 4 is 5.91 Å². The fourth-order valence-electron chi connectivity index (χ4n) is 1.80. The molecule has 1 aliphatic rings. The van der Waals surface area contributed by atoms with Gasteiger partial charge in [0.15, 0.2) is 17.6 Å². The molecular weight excluding hydrogens is 248 g/mol. The summed E-state index contributed by atoms with van der Waals surface area (Å²) >= 11 is 0. The Hall–Kier alpha value is -1.95. The number of carbonyl (C=O) groups is 1. The standard InChI is InChI=1S/C13H18N2O4/c1-3-15-13(16)8(2)19-10-5-12-11(17-7-18-12)4-9(10)6-14/h4-5,8H,3,6-7,14H2,1-2H3,(H,15,16). The van der Waals surface area contributed by atoms with E-state index in [1.807, 2.05) is 6.92 Å². The summed E-state index contributed by atoms with van der Waals surface area (Å²) in [4.78, 5) is 11.7. The number of carbonyl (C=O) groups excluding carboxylic acids is 1. The van der Waals surface area contributed by atoms with Gasteiger partial charge in [0, 0.05) is 24.7 Å². The Morgan fingerprint density at radius 1 is 1.47 bits per heavy atom. The van der Waals surface area contributed by atoms with Crippen molar-refractivity contribution in [3.8, 4) is 17.2 Å². The van der Waals surface area contributed by atoms with Gasteiger partial charge in [-0.05, 0) is 19.9 Å². The third-order valence-corrected chi connectivity index (χ3v) is 2.80. The fourth-order valence-corrected chi connectivity index (χ4v) is 1.80. The van der Waals surface area contributed by atoms with E-state index in [1.54, 1.807) is 19.1 Å². The van der Waals surface area contributed by atoms with Crippen LogP contribution in [0, 0.1) is 0 Å². The molecule has 1 unspecified atom stereocenters. The summed E-state index contributed by atoms with van der Waals surface area (Å²) < 4.78 is 16.2. The molecule has 0 aliphatic carbocycles. The second-order valence-corrected chi connectivity index (χ2v) is 4.17. The number of benzene rings is 1. The summed E-state index contributed by atoms with van der Waals surface area (Å²) in [5.74, 6) is 1.64. The molecule has 1 heterocycles. The largest absolute Gasteiger partial charge is 0.480 e. The van der Waals surface area contributed by atoms with Gasteiger partial charge in [0.25, 0.3) is 5.91 Å². The number of nitrogens with two attached hydrogens (primary N) is 1. The molecule has 19 heavy (non-hydrogen) atoms. The quantitative estimate of drug-likeness (QED) is 0.822. The second kappa shape index (κ2) is 5.79. The lowest BCUT2D eigenvalue weighted by atomic mass is 10.1. The zero-order chi connectivity index (χ0) is 13.8. The monoisotopic (exact) mass is 266 g/mol. The lowest BCUT2D eigenvalue weighted by Crippen LogP contribution is -2.36. The summed E-state index contributed by atoms with van der Waals surface area (Å²) in [6, 6.07) is 3.49. The molecule has 0 aromatic heterocycles. The summed E-state index contributed by atoms with van der Waals surface area (Å²) in [5, 5.41) is 2.70. The van der Waals surface area contributed by atoms with Gasteiger partial charge in [-0.1, -0.05) is 0 Å². The molecule has 0 radical (unpaired) electrons. The molecule has 0 spiro atoms. The minimum absolute atomic E-state index is 0.164. The van der Waals surface area contributed by atoms with Gasteiger partial charge in [-0.15, -0.1) is 0 Å². The molecule has 1 aliphatic heterocycles. The molecule has 1 amide bonds. The molecule has 1 atom stereocenters. The molecule has 6 heteroatoms. The van der Waals surface area contributed by atoms with E-state index in [0.29, 0.717) is 30.3 Å². The highest BCUT2D eigenvalue weighted by atomic mass is 16.7. The molecule has 2 rings (SSSR count). The summed E-state index contributed by atoms with van der Waals surface area (Å²) in [6.45, 7) is 4.60. The zero-order valence-electron chi connectivity index (χ0n) is 11.1. The first kappa shape index (κ1) is 13.5. The fraction of sp³-hybridized carbons (Fsp3) is 0.462. The number of ether oxygens (including phenoxy) is 3. The van der Waals surface area contributed by atoms with E-state index in [4.69, 9.17) is 19.9 Å². The van der Waals surface area contributed by atoms with Crippen LogP contribution in [-0.2, 0) is 11.3 Å². The number of fused-ring (bicyclic) bond motifs is 1. The van der Waals surface area contributed by atoms with Crippen LogP contribution in [0.3, 0.4) is 0 Å². The minimum atomic E-state index is -0.592. The lowest BCUT2D eigenvalue weighted by molar-refractivity contribution is -0.127. The number of likely N-dealkylation sites (N-methyl/N-ethyl adjacent to an activating group) is 1. The van der Waals surface area contributed by atoms with Crippen LogP contribution in [-0.4, -0.2) is 25.3 Å². The first-order valence-corrected chi connectivity index (χ1v) is 6.22. The molecule has 1 aromatic rings. The van der Waals surface area contributed by atoms with Crippen molar-refractivity contribution in [2.75, 3.05) is 13.3 Å². The molecule has 104 valence electrons. The smallest absolute Gasteiger partial charge is 0.260 e. The Kier molecular flexibility index (Phi) is 4.11. The van der Waals surface area contributed by atoms with Crippen molar-refractivity contribution in [2.45, 2.75) is 26.5 Å². The van der Waals surface area contributed by atoms with E-state index in [0.717, 1.165) is 5.56 Å². The summed E-state index contributed by atoms with van der Waals surface area (Å²) in [6.07, 6.45) is -0.592. The molecule has 1 aromatic carbocycles. The van der Waals surface area contributed by atoms with E-state index in [1.165, 1.54) is 0 Å². The van der Waals surface area contributed by atoms with E-state index >= 15 is 0 Å². The predicted octanol–water partition coefficient (Wildman–Crippen LogP) is 0.777. The van der Waals surface area contributed by atoms with Crippen LogP contribution in [0.2, 0.25) is 0 Å². The first-order chi connectivity index (χ1) is 9.15. The van der Waals surface area contributed by atoms with Crippen LogP contribution >= 0.6 is 0 Å². The van der Waals surface area contributed by atoms with Crippen LogP contribution < -0.4 is 25.3 Å². The summed E-state index contributed by atoms with van der Waals surface area (Å²) in [7, 11) is 0. The molecule has 3 N–H and O–H groups in total. The number of hydrogen-bond acceptors (Lipinski definition) is 5. The van der Waals surface area contributed by atoms with Gasteiger partial charge in [-0.2, -0.15) is 0 Å². The van der Waals surface area contributed by atoms with Gasteiger partial charge >= 0.3 is 0 Å². The van der Waals surface area contributed by atoms with Crippen molar-refractivity contribution in [1.82, 2.24) is 5.32 Å². The van der Waals surface area contributed by atoms with Crippen molar-refractivity contribution in [2.24, 2.45) is 5.73 Å². The molecular formula is C13H18N2O4. The zero-order valence-corrected chi connectivity index (χ0v) is 11.1. The Labute approximate surface area is 111 Å². The van der Waals surface area contributed by atoms with Crippen molar-refractivity contribution in [3.05, 3.63) is 17.7 Å². The highest BCUT2D eigenvalue weighted by Crippen LogP contribution is 2.38. The van der Waals surface area contributed by atoms with Gasteiger partial charge in [-0.3, -0.25) is 4.79 Å². The Balaban J connectivity index is 2.17. The van der Waals surface area contributed by atoms with E-state index in [9.17, 15) is 4.79 Å². The maximum absolute atomic E-state index is 11.7. The first-order valence-electron chi connectivity index (χ1n) is 6.22. The van der Waals surface area contributed by atoms with Gasteiger partial charge in [0.1, 0.15) is 5.75 Å². The van der Waals surface area contributed by atoms with E-state index in [-0.39, 0.29) is 12.7 Å². The van der Waals surface area contributed by atoms with Crippen LogP contribution in [0.1, 0.15) is 19.4 Å². The second-order valence-electron chi connectivity index (χ2n) is 4.17. The number of hydrogen-bond donors (Lipinski definition) is 2. The maximum atomic E-state index is 11.7. The van der Waals surface area contributed by atoms with Gasteiger partial charge in [-0.25, -0.2) is 0 Å². The molecule has 0 bridgehead atoms. The van der Waals surface area contributed by atoms with Gasteiger partial charge < -0.3 is 25.3 Å². The molecule has 0 saturated heterocycles. The van der Waals surface area contributed by atoms with Crippen LogP contribution in [0.15, 0.2) is 12.1 Å². The number of nitrogens with one attached hydrogen (secondary N) is 1. The highest BCUT2D eigenvalue weighted by molar-refractivity contribution is 5.80. The van der Waals surface area contributed by atoms with Crippen LogP contribution in [0.4, 0.5) is 0 Å². The maximum Gasteiger partial charge on any atom is 0.260 e. The SMILES string of the molecule is CCNC(=O)C(C)Oc1cc2c(cc1CN)OCO2. The lowest BCUT2D eigenvalue weighted by Gasteiger charge is -2.17. The Bertz CT molecular complexity index is 476. The number of rotatable bonds is 5. The van der Waals surface area contributed by atoms with Gasteiger partial charge in [0.2, 0.25) is 6.79 Å². The van der Waals surface area contributed by atoms with Crippen molar-refractivity contribution in [1.29, 1.82) is 0 Å². The minimum Gasteiger partial charge on any atom is -0.480 e. The average Bonchev–Trinajstić information content (AvgIpc) is 2.85. The Morgan fingerprint density at radius 3 is 2.79 bits per heavy atom. The van der Waals surface area contributed by atoms with Crippen molar-refractivity contribution < 1.29 is 19.0 Å². The predicted molar refractivity (Wildman–Crippen MR) is 69.2 cm³/mol. The van der Waals surface area contributed by atoms with Crippen LogP contribution in [0.5, 0.6) is 17.2 Å². The van der Waals surface area contributed by atoms with E-state index < -0.39 is 6.10 Å². The normalized spacial score (nSPS) is 14.1. The third-order valence-electron chi connectivity index (χ3n) is 2.80. The average molecular weight is 266 g/mol. The topological polar surface area (TPSA) is 82.8 Å². The van der Waals surface area contributed by atoms with Crippen LogP contribution in [0.25, 0.3) is 0 Å². The highest BCUT2D eigenvalue weighted by Gasteiger charge is 2.20. The molecule has 0 fully saturated rings. The number of amides is 1. The molecule has 0 saturated carbocycles. The van der Waals surface area contributed by atoms with Crippen molar-refractivity contribution in [3.63, 3.8) is 0 Å². The van der Waals surface area contributed by atoms with Gasteiger partial charge in [0.05, 0.1) is 0 Å². The van der Waals surface area contributed by atoms with E-state index in [2.05, 4.69) is 5.32 Å². The third kappa shape index (κ3) is 2.90. The Morgan fingerprint density at radius 2 is 2.16 bits per heavy atom. The summed E-state index contributed by atoms with van der Waals surface area (Å²) in [5.41, 5.74) is 6.46. The molecule has 6 nitrogen and oxygen atoms in total.